The minimum atomic E-state index is -0.270. The van der Waals surface area contributed by atoms with Crippen molar-refractivity contribution in [2.24, 2.45) is 11.8 Å². The highest BCUT2D eigenvalue weighted by Gasteiger charge is 2.26. The number of hydrazine groups is 1. The van der Waals surface area contributed by atoms with Gasteiger partial charge in [0.1, 0.15) is 5.82 Å². The van der Waals surface area contributed by atoms with Crippen LogP contribution in [0.5, 0.6) is 0 Å². The molecule has 1 aromatic rings. The highest BCUT2D eigenvalue weighted by atomic mass is 16.3. The van der Waals surface area contributed by atoms with Crippen molar-refractivity contribution in [3.8, 4) is 0 Å². The molecule has 6 nitrogen and oxygen atoms in total. The van der Waals surface area contributed by atoms with Crippen molar-refractivity contribution in [3.63, 3.8) is 0 Å². The molecule has 1 saturated heterocycles. The molecule has 0 amide bonds. The fourth-order valence-electron chi connectivity index (χ4n) is 1.97. The summed E-state index contributed by atoms with van der Waals surface area (Å²) < 4.78 is 0. The molecule has 16 heavy (non-hydrogen) atoms. The summed E-state index contributed by atoms with van der Waals surface area (Å²) in [4.78, 5) is 10.5. The zero-order valence-corrected chi connectivity index (χ0v) is 9.30. The minimum absolute atomic E-state index is 0.270. The number of nitrogen functional groups attached to an aromatic ring is 1. The van der Waals surface area contributed by atoms with Gasteiger partial charge < -0.3 is 15.4 Å². The summed E-state index contributed by atoms with van der Waals surface area (Å²) in [5.41, 5.74) is 2.48. The Bertz CT molecular complexity index is 357. The van der Waals surface area contributed by atoms with Crippen molar-refractivity contribution in [2.45, 2.75) is 19.4 Å². The van der Waals surface area contributed by atoms with Crippen LogP contribution in [0.1, 0.15) is 13.3 Å². The van der Waals surface area contributed by atoms with E-state index in [0.717, 1.165) is 25.3 Å². The van der Waals surface area contributed by atoms with Gasteiger partial charge in [0.25, 0.3) is 0 Å². The number of aliphatic hydroxyl groups is 1. The van der Waals surface area contributed by atoms with Crippen molar-refractivity contribution in [1.82, 2.24) is 9.97 Å². The number of hydrogen-bond acceptors (Lipinski definition) is 6. The molecule has 6 heteroatoms. The van der Waals surface area contributed by atoms with Crippen LogP contribution < -0.4 is 16.2 Å². The van der Waals surface area contributed by atoms with Crippen LogP contribution in [-0.4, -0.2) is 34.3 Å². The Balaban J connectivity index is 2.08. The molecule has 0 aliphatic carbocycles. The van der Waals surface area contributed by atoms with Gasteiger partial charge in [0.2, 0.25) is 0 Å². The van der Waals surface area contributed by atoms with Crippen LogP contribution in [0.2, 0.25) is 0 Å². The quantitative estimate of drug-likeness (QED) is 0.492. The number of aromatic nitrogens is 2. The summed E-state index contributed by atoms with van der Waals surface area (Å²) in [5, 5.41) is 9.52. The van der Waals surface area contributed by atoms with Crippen molar-refractivity contribution in [1.29, 1.82) is 0 Å². The average Bonchev–Trinajstić information content (AvgIpc) is 2.78. The molecular formula is C10H17N5O. The molecule has 1 aliphatic rings. The number of nitrogens with two attached hydrogens (primary N) is 1. The molecule has 1 aromatic heterocycles. The van der Waals surface area contributed by atoms with E-state index in [1.54, 1.807) is 12.4 Å². The second kappa shape index (κ2) is 4.63. The lowest BCUT2D eigenvalue weighted by atomic mass is 10.0. The van der Waals surface area contributed by atoms with Gasteiger partial charge >= 0.3 is 0 Å². The van der Waals surface area contributed by atoms with Gasteiger partial charge in [0.05, 0.1) is 18.5 Å². The van der Waals surface area contributed by atoms with Crippen LogP contribution in [0.15, 0.2) is 12.4 Å². The Hall–Kier alpha value is -1.40. The fraction of sp³-hybridized carbons (Fsp3) is 0.600. The first kappa shape index (κ1) is 11.1. The predicted molar refractivity (Wildman–Crippen MR) is 61.8 cm³/mol. The maximum absolute atomic E-state index is 9.52. The molecule has 1 aliphatic heterocycles. The normalized spacial score (nSPS) is 22.2. The number of anilines is 2. The molecule has 0 bridgehead atoms. The Labute approximate surface area is 94.5 Å². The van der Waals surface area contributed by atoms with Gasteiger partial charge in [0.15, 0.2) is 5.82 Å². The average molecular weight is 223 g/mol. The zero-order chi connectivity index (χ0) is 11.5. The van der Waals surface area contributed by atoms with E-state index in [4.69, 9.17) is 5.84 Å². The van der Waals surface area contributed by atoms with Crippen LogP contribution in [-0.2, 0) is 0 Å². The van der Waals surface area contributed by atoms with Crippen molar-refractivity contribution in [3.05, 3.63) is 12.4 Å². The van der Waals surface area contributed by atoms with Crippen LogP contribution in [0, 0.1) is 5.92 Å². The van der Waals surface area contributed by atoms with E-state index in [0.29, 0.717) is 11.7 Å². The van der Waals surface area contributed by atoms with E-state index in [9.17, 15) is 5.11 Å². The van der Waals surface area contributed by atoms with E-state index < -0.39 is 0 Å². The Morgan fingerprint density at radius 1 is 1.62 bits per heavy atom. The van der Waals surface area contributed by atoms with Crippen LogP contribution in [0.25, 0.3) is 0 Å². The molecule has 0 radical (unpaired) electrons. The standard InChI is InChI=1S/C10H17N5O/c1-7(16)8-2-3-15(6-8)10-5-12-4-9(13-10)14-11/h4-5,7-8,16H,2-3,6,11H2,1H3,(H,13,14). The first-order chi connectivity index (χ1) is 7.70. The maximum atomic E-state index is 9.52. The molecular weight excluding hydrogens is 206 g/mol. The van der Waals surface area contributed by atoms with E-state index >= 15 is 0 Å². The summed E-state index contributed by atoms with van der Waals surface area (Å²) in [6.45, 7) is 3.55. The molecule has 2 heterocycles. The number of nitrogens with one attached hydrogen (secondary N) is 1. The van der Waals surface area contributed by atoms with Crippen LogP contribution in [0.3, 0.4) is 0 Å². The number of hydrogen-bond donors (Lipinski definition) is 3. The van der Waals surface area contributed by atoms with Crippen molar-refractivity contribution < 1.29 is 5.11 Å². The molecule has 2 rings (SSSR count). The summed E-state index contributed by atoms with van der Waals surface area (Å²) in [6, 6.07) is 0. The summed E-state index contributed by atoms with van der Waals surface area (Å²) in [5.74, 6) is 6.96. The van der Waals surface area contributed by atoms with Crippen LogP contribution in [0.4, 0.5) is 11.6 Å². The van der Waals surface area contributed by atoms with E-state index in [1.807, 2.05) is 6.92 Å². The first-order valence-electron chi connectivity index (χ1n) is 5.42. The second-order valence-corrected chi connectivity index (χ2v) is 4.14. The molecule has 0 aromatic carbocycles. The van der Waals surface area contributed by atoms with Crippen LogP contribution >= 0.6 is 0 Å². The second-order valence-electron chi connectivity index (χ2n) is 4.14. The van der Waals surface area contributed by atoms with Gasteiger partial charge in [-0.2, -0.15) is 0 Å². The molecule has 2 atom stereocenters. The lowest BCUT2D eigenvalue weighted by molar-refractivity contribution is 0.136. The molecule has 0 spiro atoms. The third kappa shape index (κ3) is 2.23. The largest absolute Gasteiger partial charge is 0.393 e. The third-order valence-electron chi connectivity index (χ3n) is 3.00. The molecule has 0 saturated carbocycles. The lowest BCUT2D eigenvalue weighted by Gasteiger charge is -2.18. The molecule has 1 fully saturated rings. The van der Waals surface area contributed by atoms with Gasteiger partial charge in [-0.1, -0.05) is 0 Å². The van der Waals surface area contributed by atoms with Gasteiger partial charge in [-0.05, 0) is 13.3 Å². The minimum Gasteiger partial charge on any atom is -0.393 e. The van der Waals surface area contributed by atoms with E-state index in [1.165, 1.54) is 0 Å². The Morgan fingerprint density at radius 3 is 3.06 bits per heavy atom. The van der Waals surface area contributed by atoms with E-state index in [-0.39, 0.29) is 6.10 Å². The highest BCUT2D eigenvalue weighted by molar-refractivity contribution is 5.44. The molecule has 88 valence electrons. The molecule has 4 N–H and O–H groups in total. The zero-order valence-electron chi connectivity index (χ0n) is 9.30. The first-order valence-corrected chi connectivity index (χ1v) is 5.42. The SMILES string of the molecule is CC(O)C1CCN(c2cncc(NN)n2)C1. The summed E-state index contributed by atoms with van der Waals surface area (Å²) in [6.07, 6.45) is 4.00. The number of nitrogens with zero attached hydrogens (tertiary/aromatic N) is 3. The lowest BCUT2D eigenvalue weighted by Crippen LogP contribution is -2.25. The van der Waals surface area contributed by atoms with E-state index in [2.05, 4.69) is 20.3 Å². The van der Waals surface area contributed by atoms with Gasteiger partial charge in [-0.15, -0.1) is 0 Å². The third-order valence-corrected chi connectivity index (χ3v) is 3.00. The Morgan fingerprint density at radius 2 is 2.44 bits per heavy atom. The summed E-state index contributed by atoms with van der Waals surface area (Å²) in [7, 11) is 0. The smallest absolute Gasteiger partial charge is 0.160 e. The van der Waals surface area contributed by atoms with Gasteiger partial charge in [0, 0.05) is 19.0 Å². The Kier molecular flexibility index (Phi) is 3.21. The molecule has 2 unspecified atom stereocenters. The van der Waals surface area contributed by atoms with Crippen molar-refractivity contribution >= 4 is 11.6 Å². The number of rotatable bonds is 3. The summed E-state index contributed by atoms with van der Waals surface area (Å²) >= 11 is 0. The topological polar surface area (TPSA) is 87.3 Å². The predicted octanol–water partition coefficient (Wildman–Crippen LogP) is -0.0307. The highest BCUT2D eigenvalue weighted by Crippen LogP contribution is 2.24. The fourth-order valence-corrected chi connectivity index (χ4v) is 1.97. The van der Waals surface area contributed by atoms with Crippen molar-refractivity contribution in [2.75, 3.05) is 23.4 Å². The monoisotopic (exact) mass is 223 g/mol. The van der Waals surface area contributed by atoms with Gasteiger partial charge in [-0.3, -0.25) is 4.98 Å². The maximum Gasteiger partial charge on any atom is 0.160 e. The van der Waals surface area contributed by atoms with Gasteiger partial charge in [-0.25, -0.2) is 10.8 Å². The number of aliphatic hydroxyl groups excluding tert-OH is 1.